The molecule has 1 aromatic heterocycles. The van der Waals surface area contributed by atoms with Crippen molar-refractivity contribution in [1.82, 2.24) is 10.6 Å². The van der Waals surface area contributed by atoms with E-state index < -0.39 is 0 Å². The second kappa shape index (κ2) is 10.2. The minimum absolute atomic E-state index is 0. The number of guanidine groups is 1. The number of nitrogens with zero attached hydrogens (tertiary/aromatic N) is 2. The van der Waals surface area contributed by atoms with E-state index in [1.165, 1.54) is 9.75 Å². The normalized spacial score (nSPS) is 10.6. The molecule has 0 unspecified atom stereocenters. The summed E-state index contributed by atoms with van der Waals surface area (Å²) >= 11 is 1.79. The minimum Gasteiger partial charge on any atom is -0.357 e. The fraction of sp³-hybridized carbons (Fsp3) is 0.294. The predicted octanol–water partition coefficient (Wildman–Crippen LogP) is 3.80. The van der Waals surface area contributed by atoms with Gasteiger partial charge in [-0.15, -0.1) is 35.3 Å². The lowest BCUT2D eigenvalue weighted by Crippen LogP contribution is -2.36. The first-order chi connectivity index (χ1) is 10.7. The van der Waals surface area contributed by atoms with Crippen molar-refractivity contribution in [2.24, 2.45) is 4.99 Å². The van der Waals surface area contributed by atoms with E-state index in [0.29, 0.717) is 12.1 Å². The lowest BCUT2D eigenvalue weighted by molar-refractivity contribution is 0.823. The molecule has 0 aliphatic heterocycles. The second-order valence-corrected chi connectivity index (χ2v) is 6.24. The van der Waals surface area contributed by atoms with Crippen LogP contribution in [0.15, 0.2) is 41.4 Å². The van der Waals surface area contributed by atoms with Gasteiger partial charge in [-0.1, -0.05) is 12.1 Å². The van der Waals surface area contributed by atoms with Gasteiger partial charge >= 0.3 is 0 Å². The molecule has 0 amide bonds. The Morgan fingerprint density at radius 2 is 1.91 bits per heavy atom. The van der Waals surface area contributed by atoms with Crippen LogP contribution in [-0.4, -0.2) is 12.5 Å². The highest BCUT2D eigenvalue weighted by Gasteiger charge is 2.00. The number of hydrogen-bond donors (Lipinski definition) is 2. The predicted molar refractivity (Wildman–Crippen MR) is 107 cm³/mol. The Bertz CT molecular complexity index is 671. The summed E-state index contributed by atoms with van der Waals surface area (Å²) in [6, 6.07) is 13.9. The summed E-state index contributed by atoms with van der Waals surface area (Å²) in [6.45, 7) is 6.34. The number of rotatable bonds is 5. The molecule has 0 spiro atoms. The van der Waals surface area contributed by atoms with E-state index >= 15 is 0 Å². The van der Waals surface area contributed by atoms with Crippen molar-refractivity contribution in [2.45, 2.75) is 26.9 Å². The summed E-state index contributed by atoms with van der Waals surface area (Å²) < 4.78 is 0. The number of nitriles is 1. The summed E-state index contributed by atoms with van der Waals surface area (Å²) in [5.74, 6) is 0.804. The molecule has 0 aliphatic rings. The number of nitrogens with one attached hydrogen (secondary N) is 2. The summed E-state index contributed by atoms with van der Waals surface area (Å²) in [7, 11) is 0. The molecular formula is C17H21IN4S. The molecule has 2 rings (SSSR count). The maximum absolute atomic E-state index is 8.80. The zero-order valence-electron chi connectivity index (χ0n) is 13.3. The van der Waals surface area contributed by atoms with Crippen LogP contribution < -0.4 is 10.6 Å². The Morgan fingerprint density at radius 1 is 1.17 bits per heavy atom. The van der Waals surface area contributed by atoms with Gasteiger partial charge in [-0.25, -0.2) is 4.99 Å². The van der Waals surface area contributed by atoms with Gasteiger partial charge in [0.1, 0.15) is 0 Å². The number of benzene rings is 1. The molecule has 4 nitrogen and oxygen atoms in total. The summed E-state index contributed by atoms with van der Waals surface area (Å²) in [5.41, 5.74) is 1.76. The first-order valence-electron chi connectivity index (χ1n) is 7.28. The molecule has 0 saturated carbocycles. The van der Waals surface area contributed by atoms with E-state index in [4.69, 9.17) is 5.26 Å². The Labute approximate surface area is 158 Å². The van der Waals surface area contributed by atoms with E-state index in [1.54, 1.807) is 11.3 Å². The van der Waals surface area contributed by atoms with Crippen molar-refractivity contribution < 1.29 is 0 Å². The number of thiophene rings is 1. The van der Waals surface area contributed by atoms with Crippen molar-refractivity contribution in [2.75, 3.05) is 6.54 Å². The highest BCUT2D eigenvalue weighted by molar-refractivity contribution is 14.0. The quantitative estimate of drug-likeness (QED) is 0.423. The van der Waals surface area contributed by atoms with Gasteiger partial charge in [0.15, 0.2) is 5.96 Å². The molecule has 0 radical (unpaired) electrons. The van der Waals surface area contributed by atoms with Crippen LogP contribution >= 0.6 is 35.3 Å². The molecule has 0 fully saturated rings. The standard InChI is InChI=1S/C17H20N4S.HI/c1-3-19-17(21-12-16-9-4-13(2)22-16)20-11-15-7-5-14(10-18)6-8-15;/h4-9H,3,11-12H2,1-2H3,(H2,19,20,21);1H. The van der Waals surface area contributed by atoms with Crippen molar-refractivity contribution in [1.29, 1.82) is 5.26 Å². The van der Waals surface area contributed by atoms with Crippen LogP contribution in [-0.2, 0) is 13.1 Å². The van der Waals surface area contributed by atoms with Gasteiger partial charge in [-0.2, -0.15) is 5.26 Å². The highest BCUT2D eigenvalue weighted by atomic mass is 127. The molecule has 1 aromatic carbocycles. The van der Waals surface area contributed by atoms with Crippen LogP contribution in [0, 0.1) is 18.3 Å². The molecule has 0 saturated heterocycles. The second-order valence-electron chi connectivity index (χ2n) is 4.87. The van der Waals surface area contributed by atoms with Gasteiger partial charge in [0.25, 0.3) is 0 Å². The van der Waals surface area contributed by atoms with Crippen LogP contribution in [0.1, 0.15) is 27.8 Å². The first-order valence-corrected chi connectivity index (χ1v) is 8.09. The van der Waals surface area contributed by atoms with Crippen LogP contribution in [0.4, 0.5) is 0 Å². The maximum atomic E-state index is 8.80. The monoisotopic (exact) mass is 440 g/mol. The average Bonchev–Trinajstić information content (AvgIpc) is 2.96. The lowest BCUT2D eigenvalue weighted by atomic mass is 10.1. The number of aliphatic imine (C=N–C) groups is 1. The number of halogens is 1. The third-order valence-electron chi connectivity index (χ3n) is 3.07. The zero-order chi connectivity index (χ0) is 15.8. The molecule has 1 heterocycles. The molecule has 0 atom stereocenters. The van der Waals surface area contributed by atoms with Gasteiger partial charge < -0.3 is 10.6 Å². The van der Waals surface area contributed by atoms with E-state index in [9.17, 15) is 0 Å². The SMILES string of the molecule is CCNC(=NCc1ccc(C#N)cc1)NCc1ccc(C)s1.I. The smallest absolute Gasteiger partial charge is 0.191 e. The molecule has 0 aliphatic carbocycles. The Balaban J connectivity index is 0.00000264. The molecular weight excluding hydrogens is 419 g/mol. The van der Waals surface area contributed by atoms with Crippen LogP contribution in [0.25, 0.3) is 0 Å². The largest absolute Gasteiger partial charge is 0.357 e. The fourth-order valence-corrected chi connectivity index (χ4v) is 2.78. The molecule has 6 heteroatoms. The highest BCUT2D eigenvalue weighted by Crippen LogP contribution is 2.14. The van der Waals surface area contributed by atoms with Gasteiger partial charge in [0.2, 0.25) is 0 Å². The Morgan fingerprint density at radius 3 is 2.48 bits per heavy atom. The van der Waals surface area contributed by atoms with E-state index in [0.717, 1.165) is 24.6 Å². The Kier molecular flexibility index (Phi) is 8.66. The summed E-state index contributed by atoms with van der Waals surface area (Å²) in [6.07, 6.45) is 0. The van der Waals surface area contributed by atoms with Gasteiger partial charge in [0.05, 0.1) is 24.7 Å². The van der Waals surface area contributed by atoms with Gasteiger partial charge in [-0.3, -0.25) is 0 Å². The molecule has 2 aromatic rings. The number of aryl methyl sites for hydroxylation is 1. The van der Waals surface area contributed by atoms with E-state index in [2.05, 4.69) is 40.8 Å². The van der Waals surface area contributed by atoms with E-state index in [-0.39, 0.29) is 24.0 Å². The van der Waals surface area contributed by atoms with E-state index in [1.807, 2.05) is 31.2 Å². The van der Waals surface area contributed by atoms with Crippen molar-refractivity contribution in [3.05, 3.63) is 57.3 Å². The molecule has 122 valence electrons. The zero-order valence-corrected chi connectivity index (χ0v) is 16.4. The molecule has 23 heavy (non-hydrogen) atoms. The van der Waals surface area contributed by atoms with Gasteiger partial charge in [0, 0.05) is 16.3 Å². The maximum Gasteiger partial charge on any atom is 0.191 e. The third-order valence-corrected chi connectivity index (χ3v) is 4.07. The van der Waals surface area contributed by atoms with Crippen molar-refractivity contribution >= 4 is 41.3 Å². The minimum atomic E-state index is 0. The van der Waals surface area contributed by atoms with Gasteiger partial charge in [-0.05, 0) is 43.7 Å². The first kappa shape index (κ1) is 19.5. The third kappa shape index (κ3) is 6.59. The fourth-order valence-electron chi connectivity index (χ4n) is 1.95. The lowest BCUT2D eigenvalue weighted by Gasteiger charge is -2.10. The van der Waals surface area contributed by atoms with Crippen molar-refractivity contribution in [3.8, 4) is 6.07 Å². The van der Waals surface area contributed by atoms with Crippen LogP contribution in [0.2, 0.25) is 0 Å². The number of hydrogen-bond acceptors (Lipinski definition) is 3. The topological polar surface area (TPSA) is 60.2 Å². The molecule has 0 bridgehead atoms. The van der Waals surface area contributed by atoms with Crippen molar-refractivity contribution in [3.63, 3.8) is 0 Å². The average molecular weight is 440 g/mol. The summed E-state index contributed by atoms with van der Waals surface area (Å²) in [4.78, 5) is 7.19. The molecule has 2 N–H and O–H groups in total. The Hall–Kier alpha value is -1.59. The van der Waals surface area contributed by atoms with Crippen LogP contribution in [0.5, 0.6) is 0 Å². The van der Waals surface area contributed by atoms with Crippen LogP contribution in [0.3, 0.4) is 0 Å². The summed E-state index contributed by atoms with van der Waals surface area (Å²) in [5, 5.41) is 15.4.